The zero-order valence-corrected chi connectivity index (χ0v) is 17.9. The van der Waals surface area contributed by atoms with Crippen molar-refractivity contribution in [2.75, 3.05) is 12.4 Å². The van der Waals surface area contributed by atoms with Gasteiger partial charge in [-0.1, -0.05) is 35.9 Å². The second-order valence-electron chi connectivity index (χ2n) is 8.25. The number of aliphatic hydroxyl groups excluding tert-OH is 1. The average molecular weight is 427 g/mol. The third-order valence-corrected chi connectivity index (χ3v) is 7.68. The van der Waals surface area contributed by atoms with Gasteiger partial charge in [-0.15, -0.1) is 10.2 Å². The predicted molar refractivity (Wildman–Crippen MR) is 116 cm³/mol. The van der Waals surface area contributed by atoms with Gasteiger partial charge in [0, 0.05) is 35.2 Å². The second kappa shape index (κ2) is 7.11. The van der Waals surface area contributed by atoms with E-state index in [9.17, 15) is 5.11 Å². The molecule has 0 amide bonds. The third-order valence-electron chi connectivity index (χ3n) is 6.10. The quantitative estimate of drug-likeness (QED) is 0.680. The minimum absolute atomic E-state index is 0.0399. The van der Waals surface area contributed by atoms with E-state index in [4.69, 9.17) is 11.6 Å². The molecule has 1 fully saturated rings. The van der Waals surface area contributed by atoms with Gasteiger partial charge in [0.15, 0.2) is 0 Å². The van der Waals surface area contributed by atoms with E-state index in [0.29, 0.717) is 5.02 Å². The number of halogens is 1. The van der Waals surface area contributed by atoms with Crippen molar-refractivity contribution in [3.05, 3.63) is 64.8 Å². The van der Waals surface area contributed by atoms with E-state index in [1.165, 1.54) is 5.56 Å². The molecule has 7 heteroatoms. The number of rotatable bonds is 4. The zero-order chi connectivity index (χ0) is 20.1. The van der Waals surface area contributed by atoms with Crippen LogP contribution >= 0.6 is 23.4 Å². The Morgan fingerprint density at radius 1 is 1.14 bits per heavy atom. The van der Waals surface area contributed by atoms with Crippen LogP contribution in [0.2, 0.25) is 5.02 Å². The molecule has 1 aliphatic heterocycles. The Morgan fingerprint density at radius 3 is 2.59 bits per heavy atom. The van der Waals surface area contributed by atoms with Gasteiger partial charge in [0.05, 0.1) is 22.7 Å². The Bertz CT molecular complexity index is 1030. The number of aromatic nitrogens is 4. The number of thioether (sulfide) groups is 1. The average Bonchev–Trinajstić information content (AvgIpc) is 3.49. The number of hydrogen-bond donors (Lipinski definition) is 1. The van der Waals surface area contributed by atoms with Gasteiger partial charge in [-0.25, -0.2) is 0 Å². The van der Waals surface area contributed by atoms with Crippen molar-refractivity contribution in [3.8, 4) is 11.3 Å². The maximum Gasteiger partial charge on any atom is 0.143 e. The number of benzene rings is 1. The van der Waals surface area contributed by atoms with Crippen molar-refractivity contribution >= 4 is 23.4 Å². The molecule has 1 atom stereocenters. The first kappa shape index (κ1) is 19.1. The summed E-state index contributed by atoms with van der Waals surface area (Å²) in [5, 5.41) is 19.6. The lowest BCUT2D eigenvalue weighted by atomic mass is 9.93. The van der Waals surface area contributed by atoms with Crippen LogP contribution in [-0.4, -0.2) is 42.0 Å². The number of pyridine rings is 1. The number of aliphatic hydroxyl groups is 1. The summed E-state index contributed by atoms with van der Waals surface area (Å²) in [5.74, 6) is 3.04. The first-order valence-electron chi connectivity index (χ1n) is 9.93. The highest BCUT2D eigenvalue weighted by molar-refractivity contribution is 8.00. The monoisotopic (exact) mass is 426 g/mol. The highest BCUT2D eigenvalue weighted by atomic mass is 35.5. The maximum absolute atomic E-state index is 9.80. The molecule has 1 unspecified atom stereocenters. The molecule has 2 aromatic heterocycles. The summed E-state index contributed by atoms with van der Waals surface area (Å²) in [6.45, 7) is 3.16. The molecule has 0 saturated heterocycles. The van der Waals surface area contributed by atoms with E-state index in [-0.39, 0.29) is 16.8 Å². The minimum atomic E-state index is -0.178. The summed E-state index contributed by atoms with van der Waals surface area (Å²) < 4.78 is 2.12. The molecular weight excluding hydrogens is 404 g/mol. The van der Waals surface area contributed by atoms with Crippen LogP contribution < -0.4 is 0 Å². The molecule has 1 saturated carbocycles. The molecular formula is C22H23ClN4OS. The fraction of sp³-hybridized carbons (Fsp3) is 0.409. The molecule has 5 nitrogen and oxygen atoms in total. The van der Waals surface area contributed by atoms with Gasteiger partial charge in [-0.05, 0) is 37.5 Å². The summed E-state index contributed by atoms with van der Waals surface area (Å²) in [4.78, 5) is 4.41. The summed E-state index contributed by atoms with van der Waals surface area (Å²) >= 11 is 7.78. The van der Waals surface area contributed by atoms with Crippen molar-refractivity contribution < 1.29 is 5.11 Å². The van der Waals surface area contributed by atoms with E-state index in [0.717, 1.165) is 54.5 Å². The van der Waals surface area contributed by atoms with Gasteiger partial charge >= 0.3 is 0 Å². The van der Waals surface area contributed by atoms with E-state index < -0.39 is 0 Å². The Morgan fingerprint density at radius 2 is 1.93 bits per heavy atom. The SMILES string of the molecule is CC1(CO)Cc2nnc(C3(c4ccc(-c5ccc(Cl)cn5)cc4)CC3)n2CCS1. The maximum atomic E-state index is 9.80. The van der Waals surface area contributed by atoms with Crippen LogP contribution in [0.3, 0.4) is 0 Å². The number of fused-ring (bicyclic) bond motifs is 1. The van der Waals surface area contributed by atoms with E-state index >= 15 is 0 Å². The van der Waals surface area contributed by atoms with Gasteiger partial charge in [-0.3, -0.25) is 4.98 Å². The number of hydrogen-bond acceptors (Lipinski definition) is 5. The van der Waals surface area contributed by atoms with Crippen LogP contribution in [0, 0.1) is 0 Å². The van der Waals surface area contributed by atoms with Gasteiger partial charge in [0.25, 0.3) is 0 Å². The standard InChI is InChI=1S/C22H23ClN4OS/c1-21(14-28)12-19-25-26-20(27(19)10-11-29-21)22(8-9-22)16-4-2-15(3-5-16)18-7-6-17(23)13-24-18/h2-7,13,28H,8-12,14H2,1H3. The van der Waals surface area contributed by atoms with E-state index in [1.807, 2.05) is 23.9 Å². The normalized spacial score (nSPS) is 22.7. The lowest BCUT2D eigenvalue weighted by Gasteiger charge is -2.23. The van der Waals surface area contributed by atoms with Crippen molar-refractivity contribution in [3.63, 3.8) is 0 Å². The fourth-order valence-corrected chi connectivity index (χ4v) is 5.40. The molecule has 1 N–H and O–H groups in total. The second-order valence-corrected chi connectivity index (χ2v) is 10.4. The van der Waals surface area contributed by atoms with Crippen molar-refractivity contribution in [2.45, 2.75) is 42.9 Å². The van der Waals surface area contributed by atoms with E-state index in [2.05, 4.69) is 50.9 Å². The van der Waals surface area contributed by atoms with Crippen LogP contribution in [-0.2, 0) is 18.4 Å². The molecule has 1 aliphatic carbocycles. The molecule has 2 aliphatic rings. The smallest absolute Gasteiger partial charge is 0.143 e. The summed E-state index contributed by atoms with van der Waals surface area (Å²) in [6.07, 6.45) is 4.61. The van der Waals surface area contributed by atoms with Crippen LogP contribution in [0.1, 0.15) is 37.0 Å². The molecule has 3 heterocycles. The van der Waals surface area contributed by atoms with Gasteiger partial charge < -0.3 is 9.67 Å². The van der Waals surface area contributed by atoms with Gasteiger partial charge in [-0.2, -0.15) is 11.8 Å². The van der Waals surface area contributed by atoms with Crippen LogP contribution in [0.4, 0.5) is 0 Å². The van der Waals surface area contributed by atoms with Crippen molar-refractivity contribution in [1.29, 1.82) is 0 Å². The summed E-state index contributed by atoms with van der Waals surface area (Å²) in [7, 11) is 0. The van der Waals surface area contributed by atoms with Crippen molar-refractivity contribution in [2.24, 2.45) is 0 Å². The fourth-order valence-electron chi connectivity index (χ4n) is 4.20. The Hall–Kier alpha value is -1.89. The number of nitrogens with zero attached hydrogens (tertiary/aromatic N) is 4. The Labute approximate surface area is 179 Å². The first-order chi connectivity index (χ1) is 14.0. The molecule has 0 bridgehead atoms. The molecule has 5 rings (SSSR count). The summed E-state index contributed by atoms with van der Waals surface area (Å²) in [6, 6.07) is 12.5. The Kier molecular flexibility index (Phi) is 4.68. The summed E-state index contributed by atoms with van der Waals surface area (Å²) in [5.41, 5.74) is 3.24. The first-order valence-corrected chi connectivity index (χ1v) is 11.3. The van der Waals surface area contributed by atoms with Gasteiger partial charge in [0.2, 0.25) is 0 Å². The van der Waals surface area contributed by atoms with Crippen LogP contribution in [0.25, 0.3) is 11.3 Å². The third kappa shape index (κ3) is 3.37. The largest absolute Gasteiger partial charge is 0.395 e. The lowest BCUT2D eigenvalue weighted by Crippen LogP contribution is -2.28. The zero-order valence-electron chi connectivity index (χ0n) is 16.3. The highest BCUT2D eigenvalue weighted by Gasteiger charge is 2.50. The molecule has 29 heavy (non-hydrogen) atoms. The predicted octanol–water partition coefficient (Wildman–Crippen LogP) is 4.11. The van der Waals surface area contributed by atoms with Crippen LogP contribution in [0.15, 0.2) is 42.6 Å². The molecule has 0 radical (unpaired) electrons. The topological polar surface area (TPSA) is 63.8 Å². The Balaban J connectivity index is 1.46. The minimum Gasteiger partial charge on any atom is -0.395 e. The molecule has 150 valence electrons. The molecule has 0 spiro atoms. The van der Waals surface area contributed by atoms with Crippen LogP contribution in [0.5, 0.6) is 0 Å². The molecule has 1 aromatic carbocycles. The lowest BCUT2D eigenvalue weighted by molar-refractivity contribution is 0.254. The molecule has 3 aromatic rings. The van der Waals surface area contributed by atoms with Gasteiger partial charge in [0.1, 0.15) is 11.6 Å². The van der Waals surface area contributed by atoms with E-state index in [1.54, 1.807) is 6.20 Å². The highest BCUT2D eigenvalue weighted by Crippen LogP contribution is 2.53. The van der Waals surface area contributed by atoms with Crippen molar-refractivity contribution in [1.82, 2.24) is 19.7 Å².